The van der Waals surface area contributed by atoms with Gasteiger partial charge in [-0.1, -0.05) is 5.92 Å². The number of pyridine rings is 1. The van der Waals surface area contributed by atoms with E-state index in [9.17, 15) is 10.1 Å². The Morgan fingerprint density at radius 2 is 2.47 bits per heavy atom. The molecule has 0 aromatic carbocycles. The summed E-state index contributed by atoms with van der Waals surface area (Å²) in [6.07, 6.45) is 6.34. The van der Waals surface area contributed by atoms with Crippen molar-refractivity contribution < 1.29 is 4.92 Å². The smallest absolute Gasteiger partial charge is 0.288 e. The monoisotopic (exact) mass is 315 g/mol. The van der Waals surface area contributed by atoms with Gasteiger partial charge in [0.15, 0.2) is 0 Å². The molecule has 0 saturated carbocycles. The zero-order chi connectivity index (χ0) is 12.7. The van der Waals surface area contributed by atoms with Crippen molar-refractivity contribution in [1.29, 1.82) is 0 Å². The SMILES string of the molecule is C#CCSCCNc1ncc([N+](=O)[O-])cc1Br. The lowest BCUT2D eigenvalue weighted by Crippen LogP contribution is -2.06. The maximum atomic E-state index is 10.5. The van der Waals surface area contributed by atoms with Crippen molar-refractivity contribution in [3.63, 3.8) is 0 Å². The Labute approximate surface area is 112 Å². The fourth-order valence-corrected chi connectivity index (χ4v) is 2.02. The number of nitro groups is 1. The number of anilines is 1. The Morgan fingerprint density at radius 1 is 1.71 bits per heavy atom. The molecule has 1 N–H and O–H groups in total. The summed E-state index contributed by atoms with van der Waals surface area (Å²) >= 11 is 4.87. The standard InChI is InChI=1S/C10H10BrN3O2S/c1-2-4-17-5-3-12-10-9(11)6-8(7-13-10)14(15)16/h1,6-7H,3-5H2,(H,12,13). The lowest BCUT2D eigenvalue weighted by atomic mass is 10.4. The van der Waals surface area contributed by atoms with E-state index in [0.29, 0.717) is 22.6 Å². The molecule has 0 aliphatic rings. The van der Waals surface area contributed by atoms with Gasteiger partial charge in [-0.3, -0.25) is 10.1 Å². The predicted molar refractivity (Wildman–Crippen MR) is 73.2 cm³/mol. The molecule has 0 fully saturated rings. The zero-order valence-corrected chi connectivity index (χ0v) is 11.3. The summed E-state index contributed by atoms with van der Waals surface area (Å²) in [5.74, 6) is 4.66. The largest absolute Gasteiger partial charge is 0.368 e. The highest BCUT2D eigenvalue weighted by atomic mass is 79.9. The van der Waals surface area contributed by atoms with Crippen molar-refractivity contribution in [2.24, 2.45) is 0 Å². The molecule has 0 amide bonds. The van der Waals surface area contributed by atoms with Crippen LogP contribution in [-0.4, -0.2) is 28.0 Å². The summed E-state index contributed by atoms with van der Waals surface area (Å²) in [5.41, 5.74) is -0.0378. The molecular formula is C10H10BrN3O2S. The Kier molecular flexibility index (Phi) is 5.80. The van der Waals surface area contributed by atoms with Crippen LogP contribution in [0, 0.1) is 22.5 Å². The van der Waals surface area contributed by atoms with E-state index in [4.69, 9.17) is 6.42 Å². The molecule has 0 spiro atoms. The van der Waals surface area contributed by atoms with E-state index in [1.807, 2.05) is 0 Å². The Balaban J connectivity index is 2.50. The van der Waals surface area contributed by atoms with Gasteiger partial charge in [-0.05, 0) is 15.9 Å². The van der Waals surface area contributed by atoms with Crippen LogP contribution < -0.4 is 5.32 Å². The van der Waals surface area contributed by atoms with Crippen LogP contribution in [0.4, 0.5) is 11.5 Å². The number of thioether (sulfide) groups is 1. The molecule has 1 aromatic heterocycles. The first-order valence-electron chi connectivity index (χ1n) is 4.70. The van der Waals surface area contributed by atoms with Crippen molar-refractivity contribution in [1.82, 2.24) is 4.98 Å². The van der Waals surface area contributed by atoms with Crippen molar-refractivity contribution in [2.75, 3.05) is 23.4 Å². The number of nitrogens with zero attached hydrogens (tertiary/aromatic N) is 2. The van der Waals surface area contributed by atoms with E-state index in [2.05, 4.69) is 32.2 Å². The average molecular weight is 316 g/mol. The van der Waals surface area contributed by atoms with Crippen molar-refractivity contribution in [3.8, 4) is 12.3 Å². The highest BCUT2D eigenvalue weighted by Crippen LogP contribution is 2.24. The minimum absolute atomic E-state index is 0.0378. The maximum absolute atomic E-state index is 10.5. The molecule has 0 aliphatic carbocycles. The van der Waals surface area contributed by atoms with Gasteiger partial charge in [0, 0.05) is 18.4 Å². The van der Waals surface area contributed by atoms with Crippen molar-refractivity contribution in [3.05, 3.63) is 26.9 Å². The molecule has 17 heavy (non-hydrogen) atoms. The molecule has 1 aromatic rings. The van der Waals surface area contributed by atoms with Gasteiger partial charge in [-0.2, -0.15) is 0 Å². The van der Waals surface area contributed by atoms with Crippen LogP contribution in [0.5, 0.6) is 0 Å². The Hall–Kier alpha value is -1.26. The van der Waals surface area contributed by atoms with Crippen LogP contribution in [0.15, 0.2) is 16.7 Å². The number of hydrogen-bond donors (Lipinski definition) is 1. The maximum Gasteiger partial charge on any atom is 0.288 e. The van der Waals surface area contributed by atoms with Crippen LogP contribution >= 0.6 is 27.7 Å². The number of rotatable bonds is 6. The van der Waals surface area contributed by atoms with Gasteiger partial charge in [0.1, 0.15) is 12.0 Å². The van der Waals surface area contributed by atoms with Gasteiger partial charge in [0.05, 0.1) is 15.1 Å². The quantitative estimate of drug-likeness (QED) is 0.378. The number of terminal acetylenes is 1. The third-order valence-electron chi connectivity index (χ3n) is 1.76. The van der Waals surface area contributed by atoms with Gasteiger partial charge in [-0.25, -0.2) is 4.98 Å². The zero-order valence-electron chi connectivity index (χ0n) is 8.85. The normalized spacial score (nSPS) is 9.65. The fraction of sp³-hybridized carbons (Fsp3) is 0.300. The molecule has 1 heterocycles. The number of nitrogens with one attached hydrogen (secondary N) is 1. The number of aromatic nitrogens is 1. The molecule has 0 radical (unpaired) electrons. The summed E-state index contributed by atoms with van der Waals surface area (Å²) in [4.78, 5) is 14.0. The van der Waals surface area contributed by atoms with E-state index >= 15 is 0 Å². The van der Waals surface area contributed by atoms with Gasteiger partial charge in [0.25, 0.3) is 5.69 Å². The van der Waals surface area contributed by atoms with Crippen LogP contribution in [-0.2, 0) is 0 Å². The van der Waals surface area contributed by atoms with E-state index in [-0.39, 0.29) is 5.69 Å². The summed E-state index contributed by atoms with van der Waals surface area (Å²) < 4.78 is 0.577. The highest BCUT2D eigenvalue weighted by molar-refractivity contribution is 9.10. The van der Waals surface area contributed by atoms with Crippen LogP contribution in [0.25, 0.3) is 0 Å². The first kappa shape index (κ1) is 13.8. The van der Waals surface area contributed by atoms with Crippen molar-refractivity contribution in [2.45, 2.75) is 0 Å². The van der Waals surface area contributed by atoms with Crippen LogP contribution in [0.3, 0.4) is 0 Å². The Bertz CT molecular complexity index is 448. The van der Waals surface area contributed by atoms with E-state index in [0.717, 1.165) is 5.75 Å². The molecule has 0 aliphatic heterocycles. The molecule has 5 nitrogen and oxygen atoms in total. The summed E-state index contributed by atoms with van der Waals surface area (Å²) in [6.45, 7) is 0.704. The van der Waals surface area contributed by atoms with E-state index in [1.54, 1.807) is 11.8 Å². The minimum atomic E-state index is -0.482. The molecular weight excluding hydrogens is 306 g/mol. The first-order valence-corrected chi connectivity index (χ1v) is 6.65. The summed E-state index contributed by atoms with van der Waals surface area (Å²) in [6, 6.07) is 1.42. The average Bonchev–Trinajstić information content (AvgIpc) is 2.30. The molecule has 0 bridgehead atoms. The molecule has 1 rings (SSSR count). The van der Waals surface area contributed by atoms with Crippen LogP contribution in [0.2, 0.25) is 0 Å². The minimum Gasteiger partial charge on any atom is -0.368 e. The third kappa shape index (κ3) is 4.63. The van der Waals surface area contributed by atoms with Gasteiger partial charge in [0.2, 0.25) is 0 Å². The first-order chi connectivity index (χ1) is 8.15. The van der Waals surface area contributed by atoms with E-state index in [1.165, 1.54) is 12.3 Å². The second-order valence-corrected chi connectivity index (χ2v) is 4.92. The van der Waals surface area contributed by atoms with Gasteiger partial charge >= 0.3 is 0 Å². The highest BCUT2D eigenvalue weighted by Gasteiger charge is 2.09. The molecule has 0 saturated heterocycles. The lowest BCUT2D eigenvalue weighted by molar-refractivity contribution is -0.385. The third-order valence-corrected chi connectivity index (χ3v) is 3.23. The molecule has 7 heteroatoms. The predicted octanol–water partition coefficient (Wildman–Crippen LogP) is 2.53. The van der Waals surface area contributed by atoms with Crippen molar-refractivity contribution >= 4 is 39.2 Å². The molecule has 90 valence electrons. The molecule has 0 atom stereocenters. The van der Waals surface area contributed by atoms with Gasteiger partial charge in [-0.15, -0.1) is 18.2 Å². The number of hydrogen-bond acceptors (Lipinski definition) is 5. The van der Waals surface area contributed by atoms with Gasteiger partial charge < -0.3 is 5.32 Å². The van der Waals surface area contributed by atoms with Crippen LogP contribution in [0.1, 0.15) is 0 Å². The summed E-state index contributed by atoms with van der Waals surface area (Å²) in [5, 5.41) is 13.6. The summed E-state index contributed by atoms with van der Waals surface area (Å²) in [7, 11) is 0. The van der Waals surface area contributed by atoms with E-state index < -0.39 is 4.92 Å². The lowest BCUT2D eigenvalue weighted by Gasteiger charge is -2.06. The Morgan fingerprint density at radius 3 is 3.06 bits per heavy atom. The number of halogens is 1. The topological polar surface area (TPSA) is 68.1 Å². The second kappa shape index (κ2) is 7.14. The molecule has 0 unspecified atom stereocenters. The second-order valence-electron chi connectivity index (χ2n) is 2.96. The fourth-order valence-electron chi connectivity index (χ4n) is 1.03.